The van der Waals surface area contributed by atoms with E-state index in [0.717, 1.165) is 12.8 Å². The van der Waals surface area contributed by atoms with Gasteiger partial charge in [-0.15, -0.1) is 0 Å². The Morgan fingerprint density at radius 3 is 2.52 bits per heavy atom. The average Bonchev–Trinajstić information content (AvgIpc) is 3.23. The summed E-state index contributed by atoms with van der Waals surface area (Å²) in [5.41, 5.74) is 5.67. The van der Waals surface area contributed by atoms with Gasteiger partial charge in [-0.3, -0.25) is 14.4 Å². The largest absolute Gasteiger partial charge is 0.460 e. The van der Waals surface area contributed by atoms with Gasteiger partial charge in [-0.1, -0.05) is 6.07 Å². The number of nitrogens with zero attached hydrogens (tertiary/aromatic N) is 1. The molecule has 1 aromatic carbocycles. The SMILES string of the molecule is CC(C)(C)OC(=O)CC[C@@H](C(N)=O)N1Cc2c(ccc(C[C@H]3OCCC[C@@H]3NC3CCC(OC(F)F)CC3)c2F)C1=O. The topological polar surface area (TPSA) is 120 Å². The summed E-state index contributed by atoms with van der Waals surface area (Å²) in [6, 6.07) is 2.17. The zero-order valence-electron chi connectivity index (χ0n) is 24.5. The lowest BCUT2D eigenvalue weighted by Crippen LogP contribution is -2.51. The lowest BCUT2D eigenvalue weighted by Gasteiger charge is -2.37. The van der Waals surface area contributed by atoms with Crippen molar-refractivity contribution in [3.8, 4) is 0 Å². The summed E-state index contributed by atoms with van der Waals surface area (Å²) in [5.74, 6) is -2.32. The molecule has 2 heterocycles. The molecule has 1 saturated carbocycles. The van der Waals surface area contributed by atoms with Crippen LogP contribution in [0.25, 0.3) is 0 Å². The standard InChI is InChI=1S/C30H42F3N3O6/c1-30(2,3)42-25(37)13-12-23(27(34)38)36-16-21-20(28(36)39)11-6-17(26(21)31)15-24-22(5-4-14-40-24)35-18-7-9-19(10-8-18)41-29(32)33/h6,11,18-19,22-24,29,35H,4-5,7-10,12-16H2,1-3H3,(H2,34,38)/t18?,19?,22-,23-,24+/m0/s1. The number of rotatable bonds is 11. The maximum Gasteiger partial charge on any atom is 0.345 e. The van der Waals surface area contributed by atoms with Crippen LogP contribution < -0.4 is 11.1 Å². The van der Waals surface area contributed by atoms with E-state index in [-0.39, 0.29) is 55.1 Å². The summed E-state index contributed by atoms with van der Waals surface area (Å²) in [6.07, 6.45) is 3.61. The number of primary amides is 1. The number of nitrogens with one attached hydrogen (secondary N) is 1. The van der Waals surface area contributed by atoms with E-state index in [4.69, 9.17) is 15.2 Å². The van der Waals surface area contributed by atoms with Gasteiger partial charge in [0.15, 0.2) is 0 Å². The second-order valence-corrected chi connectivity index (χ2v) is 12.4. The number of carbonyl (C=O) groups excluding carboxylic acids is 3. The minimum absolute atomic E-state index is 0.0299. The fourth-order valence-corrected chi connectivity index (χ4v) is 6.19. The third-order valence-corrected chi connectivity index (χ3v) is 8.17. The molecule has 234 valence electrons. The Balaban J connectivity index is 1.40. The molecule has 1 aromatic rings. The highest BCUT2D eigenvalue weighted by molar-refractivity contribution is 6.01. The molecule has 3 N–H and O–H groups in total. The summed E-state index contributed by atoms with van der Waals surface area (Å²) >= 11 is 0. The molecule has 0 bridgehead atoms. The summed E-state index contributed by atoms with van der Waals surface area (Å²) in [4.78, 5) is 38.9. The molecule has 12 heteroatoms. The molecule has 42 heavy (non-hydrogen) atoms. The predicted molar refractivity (Wildman–Crippen MR) is 147 cm³/mol. The minimum Gasteiger partial charge on any atom is -0.460 e. The lowest BCUT2D eigenvalue weighted by molar-refractivity contribution is -0.170. The summed E-state index contributed by atoms with van der Waals surface area (Å²) in [6.45, 7) is 2.84. The van der Waals surface area contributed by atoms with E-state index < -0.39 is 48.0 Å². The number of alkyl halides is 2. The zero-order chi connectivity index (χ0) is 30.6. The predicted octanol–water partition coefficient (Wildman–Crippen LogP) is 3.99. The van der Waals surface area contributed by atoms with Gasteiger partial charge in [0.25, 0.3) is 5.91 Å². The number of hydrogen-bond acceptors (Lipinski definition) is 7. The normalized spacial score (nSPS) is 25.4. The Morgan fingerprint density at radius 2 is 1.88 bits per heavy atom. The van der Waals surface area contributed by atoms with Crippen molar-refractivity contribution in [3.05, 3.63) is 34.6 Å². The van der Waals surface area contributed by atoms with Crippen LogP contribution in [-0.2, 0) is 36.8 Å². The fraction of sp³-hybridized carbons (Fsp3) is 0.700. The molecule has 0 radical (unpaired) electrons. The van der Waals surface area contributed by atoms with Crippen molar-refractivity contribution in [2.45, 2.75) is 128 Å². The molecule has 1 aliphatic carbocycles. The van der Waals surface area contributed by atoms with Gasteiger partial charge >= 0.3 is 12.6 Å². The van der Waals surface area contributed by atoms with Crippen LogP contribution in [0, 0.1) is 5.82 Å². The molecule has 0 spiro atoms. The molecule has 3 aliphatic rings. The van der Waals surface area contributed by atoms with Crippen LogP contribution in [0.1, 0.15) is 93.6 Å². The number of carbonyl (C=O) groups is 3. The summed E-state index contributed by atoms with van der Waals surface area (Å²) in [7, 11) is 0. The van der Waals surface area contributed by atoms with Gasteiger partial charge in [-0.05, 0) is 77.3 Å². The van der Waals surface area contributed by atoms with E-state index >= 15 is 4.39 Å². The molecule has 9 nitrogen and oxygen atoms in total. The van der Waals surface area contributed by atoms with Crippen molar-refractivity contribution in [1.82, 2.24) is 10.2 Å². The van der Waals surface area contributed by atoms with Crippen LogP contribution in [0.3, 0.4) is 0 Å². The number of fused-ring (bicyclic) bond motifs is 1. The smallest absolute Gasteiger partial charge is 0.345 e. The maximum absolute atomic E-state index is 15.9. The van der Waals surface area contributed by atoms with E-state index in [0.29, 0.717) is 37.9 Å². The number of benzene rings is 1. The second-order valence-electron chi connectivity index (χ2n) is 12.4. The first-order chi connectivity index (χ1) is 19.8. The van der Waals surface area contributed by atoms with Gasteiger partial charge in [0.05, 0.1) is 18.8 Å². The van der Waals surface area contributed by atoms with E-state index in [1.165, 1.54) is 4.90 Å². The van der Waals surface area contributed by atoms with Gasteiger partial charge in [0.1, 0.15) is 17.5 Å². The fourth-order valence-electron chi connectivity index (χ4n) is 6.19. The highest BCUT2D eigenvalue weighted by Crippen LogP contribution is 2.32. The number of ether oxygens (including phenoxy) is 3. The number of halogens is 3. The van der Waals surface area contributed by atoms with E-state index in [9.17, 15) is 23.2 Å². The molecular weight excluding hydrogens is 555 g/mol. The van der Waals surface area contributed by atoms with Crippen molar-refractivity contribution >= 4 is 17.8 Å². The first kappa shape index (κ1) is 32.2. The monoisotopic (exact) mass is 597 g/mol. The molecule has 3 atom stereocenters. The van der Waals surface area contributed by atoms with Crippen molar-refractivity contribution in [3.63, 3.8) is 0 Å². The third-order valence-electron chi connectivity index (χ3n) is 8.17. The van der Waals surface area contributed by atoms with Crippen molar-refractivity contribution in [1.29, 1.82) is 0 Å². The Labute approximate surface area is 244 Å². The minimum atomic E-state index is -2.76. The number of amides is 2. The second kappa shape index (κ2) is 13.7. The highest BCUT2D eigenvalue weighted by atomic mass is 19.3. The number of hydrogen-bond donors (Lipinski definition) is 2. The van der Waals surface area contributed by atoms with Crippen molar-refractivity contribution in [2.75, 3.05) is 6.61 Å². The molecule has 2 aliphatic heterocycles. The van der Waals surface area contributed by atoms with Crippen LogP contribution in [0.4, 0.5) is 13.2 Å². The third kappa shape index (κ3) is 8.23. The maximum atomic E-state index is 15.9. The summed E-state index contributed by atoms with van der Waals surface area (Å²) < 4.78 is 57.0. The number of nitrogens with two attached hydrogens (primary N) is 1. The molecule has 2 fully saturated rings. The van der Waals surface area contributed by atoms with Crippen LogP contribution in [0.2, 0.25) is 0 Å². The van der Waals surface area contributed by atoms with Gasteiger partial charge in [-0.25, -0.2) is 4.39 Å². The van der Waals surface area contributed by atoms with Gasteiger partial charge in [0, 0.05) is 42.7 Å². The van der Waals surface area contributed by atoms with Crippen LogP contribution >= 0.6 is 0 Å². The van der Waals surface area contributed by atoms with Crippen molar-refractivity contribution in [2.24, 2.45) is 5.73 Å². The van der Waals surface area contributed by atoms with E-state index in [2.05, 4.69) is 10.1 Å². The van der Waals surface area contributed by atoms with E-state index in [1.807, 2.05) is 0 Å². The van der Waals surface area contributed by atoms with Gasteiger partial charge < -0.3 is 30.2 Å². The molecule has 4 rings (SSSR count). The van der Waals surface area contributed by atoms with E-state index in [1.54, 1.807) is 32.9 Å². The first-order valence-electron chi connectivity index (χ1n) is 14.8. The summed E-state index contributed by atoms with van der Waals surface area (Å²) in [5, 5.41) is 3.61. The molecular formula is C30H42F3N3O6. The molecule has 0 aromatic heterocycles. The van der Waals surface area contributed by atoms with Crippen molar-refractivity contribution < 1.29 is 41.8 Å². The van der Waals surface area contributed by atoms with Crippen LogP contribution in [0.5, 0.6) is 0 Å². The molecule has 2 amide bonds. The van der Waals surface area contributed by atoms with Crippen LogP contribution in [0.15, 0.2) is 12.1 Å². The zero-order valence-corrected chi connectivity index (χ0v) is 24.5. The highest BCUT2D eigenvalue weighted by Gasteiger charge is 2.39. The Hall–Kier alpha value is -2.70. The van der Waals surface area contributed by atoms with Gasteiger partial charge in [0.2, 0.25) is 5.91 Å². The molecule has 1 saturated heterocycles. The quantitative estimate of drug-likeness (QED) is 0.370. The average molecular weight is 598 g/mol. The first-order valence-corrected chi connectivity index (χ1v) is 14.8. The Bertz CT molecular complexity index is 1140. The lowest BCUT2D eigenvalue weighted by atomic mass is 9.89. The Kier molecular flexibility index (Phi) is 10.5. The number of esters is 1. The van der Waals surface area contributed by atoms with Gasteiger partial charge in [-0.2, -0.15) is 8.78 Å². The molecule has 0 unspecified atom stereocenters. The Morgan fingerprint density at radius 1 is 1.17 bits per heavy atom. The van der Waals surface area contributed by atoms with Crippen LogP contribution in [-0.4, -0.2) is 71.8 Å².